The van der Waals surface area contributed by atoms with E-state index in [1.165, 1.54) is 0 Å². The molecule has 1 aromatic carbocycles. The van der Waals surface area contributed by atoms with Crippen molar-refractivity contribution in [3.8, 4) is 11.5 Å². The van der Waals surface area contributed by atoms with Gasteiger partial charge in [-0.3, -0.25) is 0 Å². The SMILES string of the molecule is COc1ccc(N)cc1OCCCN1CCNCC1. The summed E-state index contributed by atoms with van der Waals surface area (Å²) in [6.45, 7) is 6.19. The maximum atomic E-state index is 5.75. The number of ether oxygens (including phenoxy) is 2. The molecular weight excluding hydrogens is 242 g/mol. The molecule has 3 N–H and O–H groups in total. The van der Waals surface area contributed by atoms with Crippen LogP contribution in [0.4, 0.5) is 5.69 Å². The maximum Gasteiger partial charge on any atom is 0.163 e. The number of hydrogen-bond donors (Lipinski definition) is 2. The molecular formula is C14H23N3O2. The van der Waals surface area contributed by atoms with Crippen molar-refractivity contribution in [2.75, 3.05) is 52.2 Å². The Kier molecular flexibility index (Phi) is 5.30. The summed E-state index contributed by atoms with van der Waals surface area (Å²) in [4.78, 5) is 2.45. The highest BCUT2D eigenvalue weighted by Crippen LogP contribution is 2.28. The number of nitrogens with two attached hydrogens (primary N) is 1. The summed E-state index contributed by atoms with van der Waals surface area (Å²) in [7, 11) is 1.64. The van der Waals surface area contributed by atoms with Gasteiger partial charge in [-0.1, -0.05) is 0 Å². The van der Waals surface area contributed by atoms with Crippen molar-refractivity contribution < 1.29 is 9.47 Å². The van der Waals surface area contributed by atoms with Crippen LogP contribution < -0.4 is 20.5 Å². The highest BCUT2D eigenvalue weighted by molar-refractivity contribution is 5.51. The molecule has 5 nitrogen and oxygen atoms in total. The van der Waals surface area contributed by atoms with Crippen LogP contribution in [0.2, 0.25) is 0 Å². The number of nitrogens with one attached hydrogen (secondary N) is 1. The molecule has 0 amide bonds. The summed E-state index contributed by atoms with van der Waals surface area (Å²) in [5.41, 5.74) is 6.45. The number of nitrogen functional groups attached to an aromatic ring is 1. The third kappa shape index (κ3) is 4.29. The van der Waals surface area contributed by atoms with E-state index in [1.54, 1.807) is 7.11 Å². The Hall–Kier alpha value is -1.46. The fraction of sp³-hybridized carbons (Fsp3) is 0.571. The molecule has 1 saturated heterocycles. The molecule has 0 saturated carbocycles. The van der Waals surface area contributed by atoms with Gasteiger partial charge in [0.2, 0.25) is 0 Å². The number of anilines is 1. The lowest BCUT2D eigenvalue weighted by molar-refractivity contribution is 0.211. The quantitative estimate of drug-likeness (QED) is 0.592. The summed E-state index contributed by atoms with van der Waals surface area (Å²) in [6.07, 6.45) is 1.01. The second-order valence-electron chi connectivity index (χ2n) is 4.70. The number of methoxy groups -OCH3 is 1. The van der Waals surface area contributed by atoms with Gasteiger partial charge in [0.25, 0.3) is 0 Å². The highest BCUT2D eigenvalue weighted by atomic mass is 16.5. The predicted octanol–water partition coefficient (Wildman–Crippen LogP) is 0.951. The van der Waals surface area contributed by atoms with E-state index in [4.69, 9.17) is 15.2 Å². The second kappa shape index (κ2) is 7.21. The first-order chi connectivity index (χ1) is 9.29. The number of rotatable bonds is 6. The minimum absolute atomic E-state index is 0.684. The first-order valence-electron chi connectivity index (χ1n) is 6.79. The van der Waals surface area contributed by atoms with Crippen molar-refractivity contribution in [3.63, 3.8) is 0 Å². The van der Waals surface area contributed by atoms with Crippen molar-refractivity contribution in [1.29, 1.82) is 0 Å². The molecule has 1 aromatic rings. The summed E-state index contributed by atoms with van der Waals surface area (Å²) in [5.74, 6) is 1.46. The van der Waals surface area contributed by atoms with E-state index < -0.39 is 0 Å². The van der Waals surface area contributed by atoms with E-state index >= 15 is 0 Å². The zero-order chi connectivity index (χ0) is 13.5. The summed E-state index contributed by atoms with van der Waals surface area (Å²) < 4.78 is 11.0. The Balaban J connectivity index is 1.74. The molecule has 1 aliphatic heterocycles. The van der Waals surface area contributed by atoms with Crippen LogP contribution in [0, 0.1) is 0 Å². The zero-order valence-electron chi connectivity index (χ0n) is 11.5. The molecule has 5 heteroatoms. The fourth-order valence-corrected chi connectivity index (χ4v) is 2.21. The summed E-state index contributed by atoms with van der Waals surface area (Å²) in [6, 6.07) is 5.46. The molecule has 0 aliphatic carbocycles. The molecule has 0 atom stereocenters. The van der Waals surface area contributed by atoms with Crippen molar-refractivity contribution in [2.45, 2.75) is 6.42 Å². The Morgan fingerprint density at radius 2 is 2.05 bits per heavy atom. The molecule has 1 aliphatic rings. The standard InChI is InChI=1S/C14H23N3O2/c1-18-13-4-3-12(15)11-14(13)19-10-2-7-17-8-5-16-6-9-17/h3-4,11,16H,2,5-10,15H2,1H3. The normalized spacial score (nSPS) is 16.3. The fourth-order valence-electron chi connectivity index (χ4n) is 2.21. The molecule has 2 rings (SSSR count). The van der Waals surface area contributed by atoms with Gasteiger partial charge in [0, 0.05) is 44.5 Å². The minimum atomic E-state index is 0.684. The summed E-state index contributed by atoms with van der Waals surface area (Å²) >= 11 is 0. The molecule has 0 unspecified atom stereocenters. The third-order valence-electron chi connectivity index (χ3n) is 3.27. The molecule has 0 aromatic heterocycles. The zero-order valence-corrected chi connectivity index (χ0v) is 11.5. The average Bonchev–Trinajstić information content (AvgIpc) is 2.45. The van der Waals surface area contributed by atoms with Gasteiger partial charge in [-0.15, -0.1) is 0 Å². The molecule has 19 heavy (non-hydrogen) atoms. The molecule has 1 heterocycles. The van der Waals surface area contributed by atoms with Gasteiger partial charge in [-0.2, -0.15) is 0 Å². The van der Waals surface area contributed by atoms with E-state index in [0.29, 0.717) is 12.3 Å². The Labute approximate surface area is 114 Å². The van der Waals surface area contributed by atoms with Crippen LogP contribution in [0.5, 0.6) is 11.5 Å². The third-order valence-corrected chi connectivity index (χ3v) is 3.27. The monoisotopic (exact) mass is 265 g/mol. The van der Waals surface area contributed by atoms with Crippen LogP contribution in [0.3, 0.4) is 0 Å². The van der Waals surface area contributed by atoms with Crippen LogP contribution in [-0.2, 0) is 0 Å². The van der Waals surface area contributed by atoms with Gasteiger partial charge in [-0.25, -0.2) is 0 Å². The Morgan fingerprint density at radius 3 is 2.79 bits per heavy atom. The summed E-state index contributed by atoms with van der Waals surface area (Å²) in [5, 5.41) is 3.35. The lowest BCUT2D eigenvalue weighted by Crippen LogP contribution is -2.43. The van der Waals surface area contributed by atoms with Gasteiger partial charge in [0.05, 0.1) is 13.7 Å². The smallest absolute Gasteiger partial charge is 0.163 e. The van der Waals surface area contributed by atoms with E-state index in [1.807, 2.05) is 18.2 Å². The van der Waals surface area contributed by atoms with Crippen molar-refractivity contribution in [3.05, 3.63) is 18.2 Å². The topological polar surface area (TPSA) is 59.8 Å². The van der Waals surface area contributed by atoms with Crippen LogP contribution in [-0.4, -0.2) is 51.3 Å². The maximum absolute atomic E-state index is 5.75. The van der Waals surface area contributed by atoms with Crippen LogP contribution >= 0.6 is 0 Å². The van der Waals surface area contributed by atoms with Gasteiger partial charge in [-0.05, 0) is 18.6 Å². The number of nitrogens with zero attached hydrogens (tertiary/aromatic N) is 1. The van der Waals surface area contributed by atoms with E-state index in [0.717, 1.165) is 50.6 Å². The molecule has 106 valence electrons. The largest absolute Gasteiger partial charge is 0.493 e. The van der Waals surface area contributed by atoms with Gasteiger partial charge >= 0.3 is 0 Å². The first-order valence-corrected chi connectivity index (χ1v) is 6.79. The van der Waals surface area contributed by atoms with Crippen molar-refractivity contribution >= 4 is 5.69 Å². The van der Waals surface area contributed by atoms with E-state index in [-0.39, 0.29) is 0 Å². The minimum Gasteiger partial charge on any atom is -0.493 e. The van der Waals surface area contributed by atoms with E-state index in [2.05, 4.69) is 10.2 Å². The van der Waals surface area contributed by atoms with E-state index in [9.17, 15) is 0 Å². The highest BCUT2D eigenvalue weighted by Gasteiger charge is 2.09. The van der Waals surface area contributed by atoms with Gasteiger partial charge in [0.1, 0.15) is 0 Å². The lowest BCUT2D eigenvalue weighted by Gasteiger charge is -2.27. The Bertz CT molecular complexity index is 392. The lowest BCUT2D eigenvalue weighted by atomic mass is 10.3. The van der Waals surface area contributed by atoms with Crippen LogP contribution in [0.1, 0.15) is 6.42 Å². The molecule has 0 spiro atoms. The van der Waals surface area contributed by atoms with Crippen LogP contribution in [0.25, 0.3) is 0 Å². The molecule has 0 bridgehead atoms. The molecule has 1 fully saturated rings. The Morgan fingerprint density at radius 1 is 1.26 bits per heavy atom. The van der Waals surface area contributed by atoms with Crippen molar-refractivity contribution in [2.24, 2.45) is 0 Å². The first kappa shape index (κ1) is 14.0. The number of benzene rings is 1. The second-order valence-corrected chi connectivity index (χ2v) is 4.70. The van der Waals surface area contributed by atoms with Gasteiger partial charge in [0.15, 0.2) is 11.5 Å². The molecule has 0 radical (unpaired) electrons. The van der Waals surface area contributed by atoms with Crippen LogP contribution in [0.15, 0.2) is 18.2 Å². The predicted molar refractivity (Wildman–Crippen MR) is 76.8 cm³/mol. The number of piperazine rings is 1. The average molecular weight is 265 g/mol. The van der Waals surface area contributed by atoms with Gasteiger partial charge < -0.3 is 25.4 Å². The number of hydrogen-bond acceptors (Lipinski definition) is 5. The van der Waals surface area contributed by atoms with Crippen molar-refractivity contribution in [1.82, 2.24) is 10.2 Å².